The van der Waals surface area contributed by atoms with Crippen LogP contribution in [0.15, 0.2) is 109 Å². The van der Waals surface area contributed by atoms with Crippen LogP contribution in [0.2, 0.25) is 0 Å². The lowest BCUT2D eigenvalue weighted by atomic mass is 10.0. The van der Waals surface area contributed by atoms with Crippen LogP contribution < -0.4 is 0 Å². The van der Waals surface area contributed by atoms with Gasteiger partial charge in [-0.05, 0) is 52.6 Å². The SMILES string of the molecule is O=C(c1ccc(-c2ccc(O)cc2)cc1)N1CCn2cnc(-c3cccc(-c4ccccc4)c3)c2C1. The third kappa shape index (κ3) is 4.16. The van der Waals surface area contributed by atoms with E-state index in [9.17, 15) is 9.90 Å². The van der Waals surface area contributed by atoms with Crippen LogP contribution in [0.25, 0.3) is 33.5 Å². The van der Waals surface area contributed by atoms with Crippen molar-refractivity contribution in [1.29, 1.82) is 0 Å². The highest BCUT2D eigenvalue weighted by atomic mass is 16.3. The first kappa shape index (κ1) is 21.9. The summed E-state index contributed by atoms with van der Waals surface area (Å²) in [6, 6.07) is 33.5. The molecule has 0 spiro atoms. The molecule has 0 saturated heterocycles. The molecule has 1 N–H and O–H groups in total. The molecule has 0 saturated carbocycles. The summed E-state index contributed by atoms with van der Waals surface area (Å²) in [4.78, 5) is 20.0. The maximum absolute atomic E-state index is 13.4. The van der Waals surface area contributed by atoms with E-state index in [1.54, 1.807) is 12.1 Å². The number of benzene rings is 4. The lowest BCUT2D eigenvalue weighted by Crippen LogP contribution is -2.38. The average molecular weight is 472 g/mol. The van der Waals surface area contributed by atoms with Crippen molar-refractivity contribution in [2.75, 3.05) is 6.54 Å². The number of amides is 1. The summed E-state index contributed by atoms with van der Waals surface area (Å²) in [6.45, 7) is 1.88. The monoisotopic (exact) mass is 471 g/mol. The Hall–Kier alpha value is -4.64. The van der Waals surface area contributed by atoms with Crippen LogP contribution in [-0.2, 0) is 13.1 Å². The molecule has 1 aliphatic heterocycles. The van der Waals surface area contributed by atoms with Crippen molar-refractivity contribution < 1.29 is 9.90 Å². The minimum Gasteiger partial charge on any atom is -0.508 e. The second-order valence-electron chi connectivity index (χ2n) is 9.03. The van der Waals surface area contributed by atoms with Crippen LogP contribution in [0.1, 0.15) is 16.1 Å². The summed E-state index contributed by atoms with van der Waals surface area (Å²) in [6.07, 6.45) is 1.88. The fourth-order valence-electron chi connectivity index (χ4n) is 4.79. The molecule has 6 rings (SSSR count). The number of aromatic hydroxyl groups is 1. The second kappa shape index (κ2) is 9.19. The van der Waals surface area contributed by atoms with Gasteiger partial charge in [0.05, 0.1) is 24.3 Å². The van der Waals surface area contributed by atoms with E-state index < -0.39 is 0 Å². The van der Waals surface area contributed by atoms with Gasteiger partial charge >= 0.3 is 0 Å². The Labute approximate surface area is 209 Å². The van der Waals surface area contributed by atoms with Crippen molar-refractivity contribution >= 4 is 5.91 Å². The van der Waals surface area contributed by atoms with E-state index in [1.165, 1.54) is 5.56 Å². The van der Waals surface area contributed by atoms with Crippen LogP contribution in [-0.4, -0.2) is 32.0 Å². The van der Waals surface area contributed by atoms with E-state index in [4.69, 9.17) is 4.98 Å². The number of rotatable bonds is 4. The van der Waals surface area contributed by atoms with Crippen molar-refractivity contribution in [2.24, 2.45) is 0 Å². The van der Waals surface area contributed by atoms with Gasteiger partial charge in [-0.15, -0.1) is 0 Å². The van der Waals surface area contributed by atoms with Gasteiger partial charge in [0.25, 0.3) is 5.91 Å². The smallest absolute Gasteiger partial charge is 0.254 e. The molecule has 0 atom stereocenters. The van der Waals surface area contributed by atoms with E-state index >= 15 is 0 Å². The highest BCUT2D eigenvalue weighted by Gasteiger charge is 2.25. The summed E-state index contributed by atoms with van der Waals surface area (Å²) in [5, 5.41) is 9.52. The number of imidazole rings is 1. The van der Waals surface area contributed by atoms with Crippen LogP contribution in [0.4, 0.5) is 0 Å². The van der Waals surface area contributed by atoms with Crippen LogP contribution in [0, 0.1) is 0 Å². The molecule has 2 heterocycles. The molecule has 176 valence electrons. The Balaban J connectivity index is 1.24. The molecule has 0 unspecified atom stereocenters. The van der Waals surface area contributed by atoms with Gasteiger partial charge in [-0.3, -0.25) is 4.79 Å². The first-order valence-electron chi connectivity index (χ1n) is 12.0. The maximum atomic E-state index is 13.4. The van der Waals surface area contributed by atoms with Crippen LogP contribution >= 0.6 is 0 Å². The zero-order valence-electron chi connectivity index (χ0n) is 19.7. The third-order valence-electron chi connectivity index (χ3n) is 6.76. The lowest BCUT2D eigenvalue weighted by molar-refractivity contribution is 0.0711. The summed E-state index contributed by atoms with van der Waals surface area (Å²) >= 11 is 0. The minimum absolute atomic E-state index is 0.0173. The Morgan fingerprint density at radius 2 is 1.33 bits per heavy atom. The molecule has 0 bridgehead atoms. The number of phenolic OH excluding ortho intramolecular Hbond substituents is 1. The average Bonchev–Trinajstić information content (AvgIpc) is 3.37. The Morgan fingerprint density at radius 1 is 0.694 bits per heavy atom. The Morgan fingerprint density at radius 3 is 2.08 bits per heavy atom. The Kier molecular flexibility index (Phi) is 5.58. The van der Waals surface area contributed by atoms with Crippen molar-refractivity contribution in [2.45, 2.75) is 13.1 Å². The molecule has 0 fully saturated rings. The van der Waals surface area contributed by atoms with E-state index in [0.29, 0.717) is 18.7 Å². The number of nitrogens with zero attached hydrogens (tertiary/aromatic N) is 3. The van der Waals surface area contributed by atoms with Crippen molar-refractivity contribution in [3.05, 3.63) is 121 Å². The van der Waals surface area contributed by atoms with E-state index in [2.05, 4.69) is 41.0 Å². The van der Waals surface area contributed by atoms with Gasteiger partial charge in [0.2, 0.25) is 0 Å². The maximum Gasteiger partial charge on any atom is 0.254 e. The first-order valence-corrected chi connectivity index (χ1v) is 12.0. The zero-order chi connectivity index (χ0) is 24.5. The predicted octanol–water partition coefficient (Wildman–Crippen LogP) is 6.25. The van der Waals surface area contributed by atoms with Gasteiger partial charge < -0.3 is 14.6 Å². The standard InChI is InChI=1S/C31H25N3O2/c35-28-15-13-24(14-16-28)23-9-11-25(12-10-23)31(36)33-17-18-34-21-32-30(29(34)20-33)27-8-4-7-26(19-27)22-5-2-1-3-6-22/h1-16,19,21,35H,17-18,20H2. The molecule has 1 aliphatic rings. The number of hydrogen-bond acceptors (Lipinski definition) is 3. The third-order valence-corrected chi connectivity index (χ3v) is 6.76. The number of carbonyl (C=O) groups is 1. The predicted molar refractivity (Wildman–Crippen MR) is 141 cm³/mol. The van der Waals surface area contributed by atoms with Crippen molar-refractivity contribution in [1.82, 2.24) is 14.5 Å². The van der Waals surface area contributed by atoms with E-state index in [-0.39, 0.29) is 11.7 Å². The van der Waals surface area contributed by atoms with Gasteiger partial charge in [0.15, 0.2) is 0 Å². The number of aromatic nitrogens is 2. The van der Waals surface area contributed by atoms with E-state index in [0.717, 1.165) is 40.2 Å². The first-order chi connectivity index (χ1) is 17.7. The summed E-state index contributed by atoms with van der Waals surface area (Å²) in [5.41, 5.74) is 8.01. The highest BCUT2D eigenvalue weighted by molar-refractivity contribution is 5.95. The summed E-state index contributed by atoms with van der Waals surface area (Å²) in [7, 11) is 0. The number of hydrogen-bond donors (Lipinski definition) is 1. The number of fused-ring (bicyclic) bond motifs is 1. The van der Waals surface area contributed by atoms with Gasteiger partial charge in [-0.1, -0.05) is 72.8 Å². The molecule has 1 aromatic heterocycles. The topological polar surface area (TPSA) is 58.4 Å². The number of phenols is 1. The highest BCUT2D eigenvalue weighted by Crippen LogP contribution is 2.30. The van der Waals surface area contributed by atoms with Gasteiger partial charge in [-0.2, -0.15) is 0 Å². The van der Waals surface area contributed by atoms with Crippen molar-refractivity contribution in [3.8, 4) is 39.3 Å². The Bertz CT molecular complexity index is 1520. The molecule has 5 nitrogen and oxygen atoms in total. The summed E-state index contributed by atoms with van der Waals surface area (Å²) < 4.78 is 2.15. The molecule has 5 heteroatoms. The largest absolute Gasteiger partial charge is 0.508 e. The fraction of sp³-hybridized carbons (Fsp3) is 0.0968. The molecule has 0 radical (unpaired) electrons. The van der Waals surface area contributed by atoms with E-state index in [1.807, 2.05) is 65.8 Å². The van der Waals surface area contributed by atoms with Gasteiger partial charge in [-0.25, -0.2) is 4.98 Å². The molecule has 4 aromatic carbocycles. The quantitative estimate of drug-likeness (QED) is 0.337. The molecular formula is C31H25N3O2. The molecule has 0 aliphatic carbocycles. The molecule has 5 aromatic rings. The number of carbonyl (C=O) groups excluding carboxylic acids is 1. The van der Waals surface area contributed by atoms with Gasteiger partial charge in [0.1, 0.15) is 5.75 Å². The van der Waals surface area contributed by atoms with Crippen LogP contribution in [0.3, 0.4) is 0 Å². The van der Waals surface area contributed by atoms with Gasteiger partial charge in [0, 0.05) is 24.2 Å². The fourth-order valence-corrected chi connectivity index (χ4v) is 4.79. The molecule has 36 heavy (non-hydrogen) atoms. The normalized spacial score (nSPS) is 12.8. The lowest BCUT2D eigenvalue weighted by Gasteiger charge is -2.29. The molecular weight excluding hydrogens is 446 g/mol. The van der Waals surface area contributed by atoms with Crippen molar-refractivity contribution in [3.63, 3.8) is 0 Å². The second-order valence-corrected chi connectivity index (χ2v) is 9.03. The summed E-state index contributed by atoms with van der Waals surface area (Å²) in [5.74, 6) is 0.254. The van der Waals surface area contributed by atoms with Crippen LogP contribution in [0.5, 0.6) is 5.75 Å². The molecule has 1 amide bonds. The zero-order valence-corrected chi connectivity index (χ0v) is 19.7. The minimum atomic E-state index is 0.0173.